The highest BCUT2D eigenvalue weighted by atomic mass is 32.2. The normalized spacial score (nSPS) is 18.8. The monoisotopic (exact) mass is 399 g/mol. The Bertz CT molecular complexity index is 971. The number of aromatic nitrogens is 3. The van der Waals surface area contributed by atoms with Gasteiger partial charge in [-0.15, -0.1) is 0 Å². The van der Waals surface area contributed by atoms with Crippen LogP contribution in [-0.2, 0) is 10.0 Å². The summed E-state index contributed by atoms with van der Waals surface area (Å²) in [6.07, 6.45) is 2.66. The first-order valence-corrected chi connectivity index (χ1v) is 11.3. The maximum Gasteiger partial charge on any atom is 0.230 e. The molecule has 1 saturated heterocycles. The fourth-order valence-corrected chi connectivity index (χ4v) is 5.72. The quantitative estimate of drug-likeness (QED) is 0.709. The van der Waals surface area contributed by atoms with Crippen molar-refractivity contribution in [1.82, 2.24) is 23.8 Å². The maximum absolute atomic E-state index is 11.7. The molecule has 1 atom stereocenters. The largest absolute Gasteiger partial charge is 0.492 e. The predicted molar refractivity (Wildman–Crippen MR) is 96.7 cm³/mol. The Morgan fingerprint density at radius 2 is 2.04 bits per heavy atom. The molecular formula is C14H17N5O3S3. The molecule has 0 saturated carbocycles. The number of thiazole rings is 1. The van der Waals surface area contributed by atoms with Gasteiger partial charge in [-0.2, -0.15) is 25.3 Å². The summed E-state index contributed by atoms with van der Waals surface area (Å²) in [4.78, 5) is 7.78. The summed E-state index contributed by atoms with van der Waals surface area (Å²) in [6, 6.07) is 1.90. The molecule has 134 valence electrons. The van der Waals surface area contributed by atoms with Crippen molar-refractivity contribution in [1.29, 1.82) is 0 Å². The van der Waals surface area contributed by atoms with Crippen molar-refractivity contribution in [3.8, 4) is 5.88 Å². The van der Waals surface area contributed by atoms with Gasteiger partial charge in [0.2, 0.25) is 20.9 Å². The molecule has 1 fully saturated rings. The number of aromatic hydroxyl groups is 1. The lowest BCUT2D eigenvalue weighted by molar-refractivity contribution is 0.156. The molecule has 0 amide bonds. The van der Waals surface area contributed by atoms with Crippen molar-refractivity contribution in [3.63, 3.8) is 0 Å². The van der Waals surface area contributed by atoms with E-state index < -0.39 is 10.0 Å². The topological polar surface area (TPSA) is 91.0 Å². The Hall–Kier alpha value is -1.53. The number of nitrogens with zero attached hydrogens (tertiary/aromatic N) is 5. The van der Waals surface area contributed by atoms with E-state index in [4.69, 9.17) is 0 Å². The zero-order valence-corrected chi connectivity index (χ0v) is 15.9. The second kappa shape index (κ2) is 6.32. The standard InChI is InChI=1S/C14H17N5O3S3/c1-25(21,22)18-5-3-17(4-6-18)11(10-2-7-23-8-10)12-13(20)19-14(24-12)15-9-16-19/h2,7-9,11,20H,3-6H2,1H3/t11-/m1/s1. The number of rotatable bonds is 4. The molecule has 0 aromatic carbocycles. The maximum atomic E-state index is 11.7. The minimum absolute atomic E-state index is 0.0965. The predicted octanol–water partition coefficient (Wildman–Crippen LogP) is 1.22. The van der Waals surface area contributed by atoms with Gasteiger partial charge < -0.3 is 5.11 Å². The first kappa shape index (κ1) is 16.9. The Balaban J connectivity index is 1.69. The lowest BCUT2D eigenvalue weighted by Gasteiger charge is -2.37. The molecule has 0 aliphatic carbocycles. The smallest absolute Gasteiger partial charge is 0.230 e. The van der Waals surface area contributed by atoms with E-state index in [2.05, 4.69) is 20.4 Å². The van der Waals surface area contributed by atoms with E-state index in [1.807, 2.05) is 11.4 Å². The van der Waals surface area contributed by atoms with Gasteiger partial charge in [0, 0.05) is 26.2 Å². The molecule has 0 radical (unpaired) electrons. The van der Waals surface area contributed by atoms with Crippen molar-refractivity contribution in [2.75, 3.05) is 32.4 Å². The third kappa shape index (κ3) is 3.06. The molecule has 1 N–H and O–H groups in total. The molecule has 4 heterocycles. The van der Waals surface area contributed by atoms with Gasteiger partial charge in [0.05, 0.1) is 17.2 Å². The lowest BCUT2D eigenvalue weighted by atomic mass is 10.1. The highest BCUT2D eigenvalue weighted by Gasteiger charge is 2.33. The summed E-state index contributed by atoms with van der Waals surface area (Å²) in [5, 5.41) is 18.7. The number of fused-ring (bicyclic) bond motifs is 1. The SMILES string of the molecule is CS(=O)(=O)N1CCN([C@H](c2ccsc2)c2sc3ncnn3c2O)CC1. The number of hydrogen-bond acceptors (Lipinski definition) is 8. The Kier molecular flexibility index (Phi) is 4.28. The van der Waals surface area contributed by atoms with Gasteiger partial charge in [-0.1, -0.05) is 11.3 Å². The minimum Gasteiger partial charge on any atom is -0.492 e. The van der Waals surface area contributed by atoms with E-state index in [1.54, 1.807) is 11.3 Å². The number of thiophene rings is 1. The van der Waals surface area contributed by atoms with Crippen LogP contribution in [0.3, 0.4) is 0 Å². The van der Waals surface area contributed by atoms with E-state index in [9.17, 15) is 13.5 Å². The summed E-state index contributed by atoms with van der Waals surface area (Å²) >= 11 is 3.01. The molecular weight excluding hydrogens is 382 g/mol. The van der Waals surface area contributed by atoms with Crippen molar-refractivity contribution in [2.24, 2.45) is 0 Å². The van der Waals surface area contributed by atoms with E-state index >= 15 is 0 Å². The molecule has 8 nitrogen and oxygen atoms in total. The third-order valence-corrected chi connectivity index (χ3v) is 7.44. The van der Waals surface area contributed by atoms with Crippen LogP contribution in [0.2, 0.25) is 0 Å². The second-order valence-corrected chi connectivity index (χ2v) is 9.67. The zero-order chi connectivity index (χ0) is 17.6. The van der Waals surface area contributed by atoms with Crippen LogP contribution < -0.4 is 0 Å². The molecule has 1 aliphatic heterocycles. The highest BCUT2D eigenvalue weighted by molar-refractivity contribution is 7.88. The van der Waals surface area contributed by atoms with Crippen LogP contribution in [0.4, 0.5) is 0 Å². The average molecular weight is 400 g/mol. The summed E-state index contributed by atoms with van der Waals surface area (Å²) in [5.41, 5.74) is 1.08. The first-order valence-electron chi connectivity index (χ1n) is 7.68. The summed E-state index contributed by atoms with van der Waals surface area (Å²) in [5.74, 6) is 0.0965. The molecule has 0 bridgehead atoms. The third-order valence-electron chi connectivity index (χ3n) is 4.35. The first-order chi connectivity index (χ1) is 11.9. The van der Waals surface area contributed by atoms with E-state index in [1.165, 1.54) is 32.7 Å². The number of sulfonamides is 1. The molecule has 25 heavy (non-hydrogen) atoms. The Labute approximate surface area is 153 Å². The molecule has 0 spiro atoms. The number of hydrogen-bond donors (Lipinski definition) is 1. The fourth-order valence-electron chi connectivity index (χ4n) is 3.12. The van der Waals surface area contributed by atoms with Crippen molar-refractivity contribution in [2.45, 2.75) is 6.04 Å². The number of piperazine rings is 1. The molecule has 1 aliphatic rings. The van der Waals surface area contributed by atoms with Gasteiger partial charge in [0.25, 0.3) is 0 Å². The van der Waals surface area contributed by atoms with Crippen LogP contribution in [0.1, 0.15) is 16.5 Å². The van der Waals surface area contributed by atoms with E-state index in [-0.39, 0.29) is 11.9 Å². The summed E-state index contributed by atoms with van der Waals surface area (Å²) in [7, 11) is -3.18. The summed E-state index contributed by atoms with van der Waals surface area (Å²) in [6.45, 7) is 2.09. The minimum atomic E-state index is -3.18. The molecule has 3 aromatic heterocycles. The van der Waals surface area contributed by atoms with Crippen molar-refractivity contribution < 1.29 is 13.5 Å². The molecule has 4 rings (SSSR count). The van der Waals surface area contributed by atoms with Crippen LogP contribution in [0.25, 0.3) is 4.96 Å². The van der Waals surface area contributed by atoms with Crippen LogP contribution in [0, 0.1) is 0 Å². The summed E-state index contributed by atoms with van der Waals surface area (Å²) < 4.78 is 26.4. The van der Waals surface area contributed by atoms with Crippen molar-refractivity contribution in [3.05, 3.63) is 33.6 Å². The van der Waals surface area contributed by atoms with Crippen LogP contribution in [0.5, 0.6) is 5.88 Å². The molecule has 11 heteroatoms. The molecule has 3 aromatic rings. The van der Waals surface area contributed by atoms with Gasteiger partial charge >= 0.3 is 0 Å². The Morgan fingerprint density at radius 3 is 2.64 bits per heavy atom. The van der Waals surface area contributed by atoms with Gasteiger partial charge in [-0.3, -0.25) is 4.90 Å². The Morgan fingerprint density at radius 1 is 1.28 bits per heavy atom. The van der Waals surface area contributed by atoms with Crippen molar-refractivity contribution >= 4 is 37.7 Å². The van der Waals surface area contributed by atoms with Crippen LogP contribution >= 0.6 is 22.7 Å². The second-order valence-electron chi connectivity index (χ2n) is 5.90. The van der Waals surface area contributed by atoms with Gasteiger partial charge in [0.1, 0.15) is 6.33 Å². The van der Waals surface area contributed by atoms with E-state index in [0.717, 1.165) is 10.4 Å². The van der Waals surface area contributed by atoms with Gasteiger partial charge in [0.15, 0.2) is 0 Å². The average Bonchev–Trinajstić information content (AvgIpc) is 3.29. The lowest BCUT2D eigenvalue weighted by Crippen LogP contribution is -2.49. The zero-order valence-electron chi connectivity index (χ0n) is 13.4. The molecule has 0 unspecified atom stereocenters. The fraction of sp³-hybridized carbons (Fsp3) is 0.429. The van der Waals surface area contributed by atoms with Gasteiger partial charge in [-0.05, 0) is 22.4 Å². The van der Waals surface area contributed by atoms with Gasteiger partial charge in [-0.25, -0.2) is 13.4 Å². The van der Waals surface area contributed by atoms with E-state index in [0.29, 0.717) is 31.1 Å². The highest BCUT2D eigenvalue weighted by Crippen LogP contribution is 2.40. The van der Waals surface area contributed by atoms with Crippen LogP contribution in [-0.4, -0.2) is 69.8 Å². The van der Waals surface area contributed by atoms with Crippen LogP contribution in [0.15, 0.2) is 23.2 Å².